The summed E-state index contributed by atoms with van der Waals surface area (Å²) in [5.74, 6) is 4.82. The van der Waals surface area contributed by atoms with Crippen LogP contribution < -0.4 is 5.90 Å². The molecule has 0 atom stereocenters. The van der Waals surface area contributed by atoms with Crippen LogP contribution in [0.25, 0.3) is 0 Å². The minimum Gasteiger partial charge on any atom is -0.420 e. The quantitative estimate of drug-likeness (QED) is 0.346. The molecule has 2 nitrogen and oxygen atoms in total. The highest BCUT2D eigenvalue weighted by Crippen LogP contribution is 2.06. The molecule has 0 fully saturated rings. The van der Waals surface area contributed by atoms with Gasteiger partial charge in [0, 0.05) is 0 Å². The van der Waals surface area contributed by atoms with Crippen LogP contribution in [0.4, 0.5) is 0 Å². The Hall–Kier alpha value is -0.500. The summed E-state index contributed by atoms with van der Waals surface area (Å²) in [6.45, 7) is 2.24. The highest BCUT2D eigenvalue weighted by molar-refractivity contribution is 4.72. The summed E-state index contributed by atoms with van der Waals surface area (Å²) in [4.78, 5) is 4.31. The molecule has 0 aliphatic heterocycles. The van der Waals surface area contributed by atoms with Gasteiger partial charge in [0.25, 0.3) is 0 Å². The van der Waals surface area contributed by atoms with Gasteiger partial charge >= 0.3 is 0 Å². The van der Waals surface area contributed by atoms with Crippen LogP contribution in [0.1, 0.15) is 51.9 Å². The molecule has 12 heavy (non-hydrogen) atoms. The molecular formula is C10H21NO. The SMILES string of the molecule is CCCCCCCC/C=C/ON. The Morgan fingerprint density at radius 1 is 1.08 bits per heavy atom. The van der Waals surface area contributed by atoms with E-state index in [0.29, 0.717) is 0 Å². The van der Waals surface area contributed by atoms with Crippen molar-refractivity contribution in [1.82, 2.24) is 0 Å². The lowest BCUT2D eigenvalue weighted by atomic mass is 10.1. The van der Waals surface area contributed by atoms with Crippen molar-refractivity contribution in [3.8, 4) is 0 Å². The zero-order valence-electron chi connectivity index (χ0n) is 8.09. The lowest BCUT2D eigenvalue weighted by molar-refractivity contribution is 0.260. The smallest absolute Gasteiger partial charge is 0.106 e. The third-order valence-electron chi connectivity index (χ3n) is 1.90. The predicted molar refractivity (Wildman–Crippen MR) is 52.4 cm³/mol. The Bertz CT molecular complexity index is 102. The second-order valence-corrected chi connectivity index (χ2v) is 3.06. The average molecular weight is 171 g/mol. The maximum atomic E-state index is 4.82. The van der Waals surface area contributed by atoms with Crippen molar-refractivity contribution in [2.24, 2.45) is 5.90 Å². The van der Waals surface area contributed by atoms with E-state index in [1.165, 1.54) is 38.5 Å². The number of unbranched alkanes of at least 4 members (excludes halogenated alkanes) is 6. The summed E-state index contributed by atoms with van der Waals surface area (Å²) >= 11 is 0. The topological polar surface area (TPSA) is 35.2 Å². The zero-order chi connectivity index (χ0) is 9.07. The number of rotatable bonds is 8. The molecule has 0 amide bonds. The first kappa shape index (κ1) is 11.5. The third kappa shape index (κ3) is 9.50. The highest BCUT2D eigenvalue weighted by atomic mass is 16.6. The minimum atomic E-state index is 1.09. The molecule has 72 valence electrons. The van der Waals surface area contributed by atoms with Crippen molar-refractivity contribution in [2.75, 3.05) is 0 Å². The van der Waals surface area contributed by atoms with E-state index in [9.17, 15) is 0 Å². The summed E-state index contributed by atoms with van der Waals surface area (Å²) in [5, 5.41) is 0. The number of hydrogen-bond acceptors (Lipinski definition) is 2. The van der Waals surface area contributed by atoms with E-state index in [1.54, 1.807) is 6.26 Å². The molecule has 0 radical (unpaired) electrons. The molecule has 0 bridgehead atoms. The van der Waals surface area contributed by atoms with Crippen molar-refractivity contribution >= 4 is 0 Å². The van der Waals surface area contributed by atoms with Crippen LogP contribution in [0.3, 0.4) is 0 Å². The van der Waals surface area contributed by atoms with Crippen LogP contribution in [0.15, 0.2) is 12.3 Å². The van der Waals surface area contributed by atoms with Crippen molar-refractivity contribution < 1.29 is 4.84 Å². The molecule has 0 spiro atoms. The van der Waals surface area contributed by atoms with E-state index in [0.717, 1.165) is 6.42 Å². The molecule has 0 unspecified atom stereocenters. The Kier molecular flexibility index (Phi) is 10.1. The van der Waals surface area contributed by atoms with E-state index >= 15 is 0 Å². The van der Waals surface area contributed by atoms with E-state index in [1.807, 2.05) is 6.08 Å². The molecular weight excluding hydrogens is 150 g/mol. The van der Waals surface area contributed by atoms with Gasteiger partial charge in [-0.3, -0.25) is 0 Å². The van der Waals surface area contributed by atoms with Crippen molar-refractivity contribution in [2.45, 2.75) is 51.9 Å². The first-order chi connectivity index (χ1) is 5.91. The molecule has 0 rings (SSSR count). The third-order valence-corrected chi connectivity index (χ3v) is 1.90. The Labute approximate surface area is 75.7 Å². The van der Waals surface area contributed by atoms with Gasteiger partial charge in [0.1, 0.15) is 6.26 Å². The second-order valence-electron chi connectivity index (χ2n) is 3.06. The zero-order valence-corrected chi connectivity index (χ0v) is 8.09. The maximum Gasteiger partial charge on any atom is 0.106 e. The Morgan fingerprint density at radius 3 is 2.42 bits per heavy atom. The largest absolute Gasteiger partial charge is 0.420 e. The van der Waals surface area contributed by atoms with Gasteiger partial charge < -0.3 is 4.84 Å². The number of hydrogen-bond donors (Lipinski definition) is 1. The minimum absolute atomic E-state index is 1.09. The molecule has 2 N–H and O–H groups in total. The predicted octanol–water partition coefficient (Wildman–Crippen LogP) is 3.14. The van der Waals surface area contributed by atoms with E-state index in [4.69, 9.17) is 5.90 Å². The van der Waals surface area contributed by atoms with Crippen molar-refractivity contribution in [3.05, 3.63) is 12.3 Å². The van der Waals surface area contributed by atoms with Crippen LogP contribution in [-0.2, 0) is 4.84 Å². The van der Waals surface area contributed by atoms with Crippen LogP contribution >= 0.6 is 0 Å². The monoisotopic (exact) mass is 171 g/mol. The van der Waals surface area contributed by atoms with Gasteiger partial charge in [0.05, 0.1) is 0 Å². The Morgan fingerprint density at radius 2 is 1.75 bits per heavy atom. The van der Waals surface area contributed by atoms with Crippen LogP contribution in [-0.4, -0.2) is 0 Å². The number of nitrogens with two attached hydrogens (primary N) is 1. The molecule has 0 aromatic carbocycles. The van der Waals surface area contributed by atoms with E-state index in [2.05, 4.69) is 11.8 Å². The fourth-order valence-electron chi connectivity index (χ4n) is 1.17. The summed E-state index contributed by atoms with van der Waals surface area (Å²) in [7, 11) is 0. The molecule has 0 saturated heterocycles. The van der Waals surface area contributed by atoms with Crippen molar-refractivity contribution in [1.29, 1.82) is 0 Å². The van der Waals surface area contributed by atoms with Gasteiger partial charge in [-0.25, -0.2) is 0 Å². The normalized spacial score (nSPS) is 10.8. The first-order valence-corrected chi connectivity index (χ1v) is 4.92. The highest BCUT2D eigenvalue weighted by Gasteiger charge is 1.87. The Balaban J connectivity index is 2.86. The van der Waals surface area contributed by atoms with Gasteiger partial charge in [-0.15, -0.1) is 0 Å². The summed E-state index contributed by atoms with van der Waals surface area (Å²) in [6.07, 6.45) is 12.6. The van der Waals surface area contributed by atoms with E-state index < -0.39 is 0 Å². The lowest BCUT2D eigenvalue weighted by Crippen LogP contribution is -1.87. The maximum absolute atomic E-state index is 4.82. The fourth-order valence-corrected chi connectivity index (χ4v) is 1.17. The van der Waals surface area contributed by atoms with Gasteiger partial charge in [0.2, 0.25) is 0 Å². The van der Waals surface area contributed by atoms with Crippen LogP contribution in [0.2, 0.25) is 0 Å². The van der Waals surface area contributed by atoms with E-state index in [-0.39, 0.29) is 0 Å². The standard InChI is InChI=1S/C10H21NO/c1-2-3-4-5-6-7-8-9-10-12-11/h9-10H,2-8,11H2,1H3/b10-9+. The molecule has 0 saturated carbocycles. The van der Waals surface area contributed by atoms with Gasteiger partial charge in [-0.2, -0.15) is 5.90 Å². The lowest BCUT2D eigenvalue weighted by Gasteiger charge is -1.97. The van der Waals surface area contributed by atoms with Crippen LogP contribution in [0.5, 0.6) is 0 Å². The summed E-state index contributed by atoms with van der Waals surface area (Å²) in [6, 6.07) is 0. The molecule has 0 aliphatic carbocycles. The molecule has 0 aromatic rings. The van der Waals surface area contributed by atoms with Gasteiger partial charge in [-0.05, 0) is 18.9 Å². The molecule has 0 heterocycles. The number of allylic oxidation sites excluding steroid dienone is 1. The fraction of sp³-hybridized carbons (Fsp3) is 0.800. The summed E-state index contributed by atoms with van der Waals surface area (Å²) < 4.78 is 0. The molecule has 0 aliphatic rings. The van der Waals surface area contributed by atoms with Gasteiger partial charge in [-0.1, -0.05) is 39.0 Å². The van der Waals surface area contributed by atoms with Crippen molar-refractivity contribution in [3.63, 3.8) is 0 Å². The molecule has 0 aromatic heterocycles. The van der Waals surface area contributed by atoms with Crippen LogP contribution in [0, 0.1) is 0 Å². The molecule has 2 heteroatoms. The van der Waals surface area contributed by atoms with Gasteiger partial charge in [0.15, 0.2) is 0 Å². The summed E-state index contributed by atoms with van der Waals surface area (Å²) in [5.41, 5.74) is 0. The average Bonchev–Trinajstić information content (AvgIpc) is 2.10. The second kappa shape index (κ2) is 10.5. The first-order valence-electron chi connectivity index (χ1n) is 4.92.